The number of hydrogen-bond acceptors (Lipinski definition) is 7. The smallest absolute Gasteiger partial charge is 0.309 e. The van der Waals surface area contributed by atoms with Crippen molar-refractivity contribution in [3.05, 3.63) is 77.6 Å². The van der Waals surface area contributed by atoms with Crippen molar-refractivity contribution in [3.63, 3.8) is 0 Å². The number of esters is 1. The van der Waals surface area contributed by atoms with E-state index in [0.29, 0.717) is 45.5 Å². The Morgan fingerprint density at radius 1 is 1.03 bits per heavy atom. The van der Waals surface area contributed by atoms with E-state index in [-0.39, 0.29) is 24.3 Å². The van der Waals surface area contributed by atoms with Crippen LogP contribution in [0.5, 0.6) is 0 Å². The van der Waals surface area contributed by atoms with Crippen molar-refractivity contribution < 1.29 is 14.3 Å². The van der Waals surface area contributed by atoms with Crippen LogP contribution < -0.4 is 4.90 Å². The van der Waals surface area contributed by atoms with Crippen LogP contribution in [0.3, 0.4) is 0 Å². The van der Waals surface area contributed by atoms with Crippen LogP contribution in [0.4, 0.5) is 5.13 Å². The number of carbonyl (C=O) groups excluding carboxylic acids is 2. The molecule has 1 aliphatic rings. The van der Waals surface area contributed by atoms with Gasteiger partial charge >= 0.3 is 5.97 Å². The zero-order valence-electron chi connectivity index (χ0n) is 19.4. The average Bonchev–Trinajstić information content (AvgIpc) is 3.33. The maximum Gasteiger partial charge on any atom is 0.309 e. The van der Waals surface area contributed by atoms with E-state index >= 15 is 0 Å². The first-order valence-corrected chi connectivity index (χ1v) is 12.5. The highest BCUT2D eigenvalue weighted by atomic mass is 32.1. The fraction of sp³-hybridized carbons (Fsp3) is 0.385. The second-order valence-electron chi connectivity index (χ2n) is 8.40. The minimum absolute atomic E-state index is 0.0399. The number of aromatic nitrogens is 2. The van der Waals surface area contributed by atoms with Crippen LogP contribution in [0.25, 0.3) is 0 Å². The van der Waals surface area contributed by atoms with Crippen LogP contribution in [0, 0.1) is 5.92 Å². The van der Waals surface area contributed by atoms with Crippen molar-refractivity contribution in [2.24, 2.45) is 5.92 Å². The molecule has 3 aromatic rings. The van der Waals surface area contributed by atoms with Gasteiger partial charge in [0.05, 0.1) is 19.1 Å². The lowest BCUT2D eigenvalue weighted by Gasteiger charge is -2.32. The molecule has 0 saturated carbocycles. The number of benzene rings is 2. The molecular weight excluding hydrogens is 448 g/mol. The molecule has 2 heterocycles. The molecular formula is C26H30N4O3S. The highest BCUT2D eigenvalue weighted by Crippen LogP contribution is 2.23. The average molecular weight is 479 g/mol. The van der Waals surface area contributed by atoms with Crippen LogP contribution in [-0.2, 0) is 27.3 Å². The first-order valence-electron chi connectivity index (χ1n) is 11.7. The van der Waals surface area contributed by atoms with E-state index in [1.807, 2.05) is 65.3 Å². The van der Waals surface area contributed by atoms with Gasteiger partial charge in [0, 0.05) is 37.6 Å². The molecule has 8 heteroatoms. The van der Waals surface area contributed by atoms with Crippen molar-refractivity contribution >= 4 is 28.5 Å². The van der Waals surface area contributed by atoms with Gasteiger partial charge < -0.3 is 14.5 Å². The van der Waals surface area contributed by atoms with Gasteiger partial charge in [0.2, 0.25) is 11.0 Å². The summed E-state index contributed by atoms with van der Waals surface area (Å²) >= 11 is 1.33. The monoisotopic (exact) mass is 478 g/mol. The summed E-state index contributed by atoms with van der Waals surface area (Å²) in [5.41, 5.74) is 2.26. The Labute approximate surface area is 204 Å². The standard InChI is InChI=1S/C26H30N4O3S/c1-2-33-25(32)22-13-15-29(16-14-22)24(31)19-30(18-21-11-7-4-8-12-21)26-27-23(28-34-26)17-20-9-5-3-6-10-20/h3-12,22H,2,13-19H2,1H3. The summed E-state index contributed by atoms with van der Waals surface area (Å²) in [6.07, 6.45) is 1.94. The molecule has 1 fully saturated rings. The Kier molecular flexibility index (Phi) is 8.25. The molecule has 2 aromatic carbocycles. The molecule has 0 radical (unpaired) electrons. The van der Waals surface area contributed by atoms with Gasteiger partial charge in [0.15, 0.2) is 0 Å². The molecule has 1 aromatic heterocycles. The van der Waals surface area contributed by atoms with Gasteiger partial charge in [-0.05, 0) is 30.9 Å². The molecule has 0 N–H and O–H groups in total. The van der Waals surface area contributed by atoms with Crippen LogP contribution >= 0.6 is 11.5 Å². The number of rotatable bonds is 9. The van der Waals surface area contributed by atoms with Crippen molar-refractivity contribution in [2.75, 3.05) is 31.1 Å². The van der Waals surface area contributed by atoms with Gasteiger partial charge in [-0.2, -0.15) is 4.37 Å². The third kappa shape index (κ3) is 6.41. The van der Waals surface area contributed by atoms with Gasteiger partial charge in [-0.25, -0.2) is 4.98 Å². The topological polar surface area (TPSA) is 75.6 Å². The zero-order valence-corrected chi connectivity index (χ0v) is 20.2. The van der Waals surface area contributed by atoms with Crippen molar-refractivity contribution in [3.8, 4) is 0 Å². The fourth-order valence-electron chi connectivity index (χ4n) is 4.11. The van der Waals surface area contributed by atoms with E-state index < -0.39 is 0 Å². The Balaban J connectivity index is 1.43. The fourth-order valence-corrected chi connectivity index (χ4v) is 4.79. The molecule has 7 nitrogen and oxygen atoms in total. The van der Waals surface area contributed by atoms with E-state index in [2.05, 4.69) is 16.5 Å². The Bertz CT molecular complexity index is 1070. The third-order valence-electron chi connectivity index (χ3n) is 5.94. The maximum atomic E-state index is 13.2. The van der Waals surface area contributed by atoms with E-state index in [4.69, 9.17) is 9.72 Å². The Morgan fingerprint density at radius 3 is 2.32 bits per heavy atom. The highest BCUT2D eigenvalue weighted by Gasteiger charge is 2.29. The summed E-state index contributed by atoms with van der Waals surface area (Å²) in [5, 5.41) is 0.740. The number of nitrogens with zero attached hydrogens (tertiary/aromatic N) is 4. The van der Waals surface area contributed by atoms with Crippen LogP contribution in [0.2, 0.25) is 0 Å². The molecule has 0 spiro atoms. The minimum atomic E-state index is -0.153. The van der Waals surface area contributed by atoms with Crippen LogP contribution in [0.15, 0.2) is 60.7 Å². The number of anilines is 1. The molecule has 0 atom stereocenters. The quantitative estimate of drug-likeness (QED) is 0.434. The molecule has 1 amide bonds. The number of likely N-dealkylation sites (tertiary alicyclic amines) is 1. The molecule has 0 aliphatic carbocycles. The normalized spacial score (nSPS) is 14.1. The predicted molar refractivity (Wildman–Crippen MR) is 133 cm³/mol. The van der Waals surface area contributed by atoms with Crippen LogP contribution in [0.1, 0.15) is 36.7 Å². The second kappa shape index (κ2) is 11.7. The summed E-state index contributed by atoms with van der Waals surface area (Å²) in [6, 6.07) is 20.2. The molecule has 1 aliphatic heterocycles. The summed E-state index contributed by atoms with van der Waals surface area (Å²) in [6.45, 7) is 4.13. The Morgan fingerprint density at radius 2 is 1.68 bits per heavy atom. The van der Waals surface area contributed by atoms with E-state index in [1.54, 1.807) is 0 Å². The van der Waals surface area contributed by atoms with Gasteiger partial charge in [0.25, 0.3) is 0 Å². The number of carbonyl (C=O) groups is 2. The lowest BCUT2D eigenvalue weighted by atomic mass is 9.97. The van der Waals surface area contributed by atoms with Gasteiger partial charge in [-0.3, -0.25) is 9.59 Å². The van der Waals surface area contributed by atoms with E-state index in [9.17, 15) is 9.59 Å². The minimum Gasteiger partial charge on any atom is -0.466 e. The van der Waals surface area contributed by atoms with Crippen molar-refractivity contribution in [1.29, 1.82) is 0 Å². The predicted octanol–water partition coefficient (Wildman–Crippen LogP) is 3.94. The highest BCUT2D eigenvalue weighted by molar-refractivity contribution is 7.09. The number of ether oxygens (including phenoxy) is 1. The second-order valence-corrected chi connectivity index (χ2v) is 9.13. The lowest BCUT2D eigenvalue weighted by Crippen LogP contribution is -2.45. The largest absolute Gasteiger partial charge is 0.466 e. The van der Waals surface area contributed by atoms with Gasteiger partial charge in [-0.15, -0.1) is 0 Å². The molecule has 0 unspecified atom stereocenters. The SMILES string of the molecule is CCOC(=O)C1CCN(C(=O)CN(Cc2ccccc2)c2nc(Cc3ccccc3)ns2)CC1. The summed E-state index contributed by atoms with van der Waals surface area (Å²) < 4.78 is 9.70. The number of amides is 1. The summed E-state index contributed by atoms with van der Waals surface area (Å²) in [7, 11) is 0. The first kappa shape index (κ1) is 23.9. The van der Waals surface area contributed by atoms with Gasteiger partial charge in [-0.1, -0.05) is 60.7 Å². The van der Waals surface area contributed by atoms with E-state index in [1.165, 1.54) is 11.5 Å². The first-order chi connectivity index (χ1) is 16.6. The molecule has 4 rings (SSSR count). The molecule has 34 heavy (non-hydrogen) atoms. The molecule has 1 saturated heterocycles. The van der Waals surface area contributed by atoms with E-state index in [0.717, 1.165) is 22.1 Å². The maximum absolute atomic E-state index is 13.2. The van der Waals surface area contributed by atoms with Crippen molar-refractivity contribution in [2.45, 2.75) is 32.7 Å². The lowest BCUT2D eigenvalue weighted by molar-refractivity contribution is -0.151. The van der Waals surface area contributed by atoms with Gasteiger partial charge in [0.1, 0.15) is 5.82 Å². The summed E-state index contributed by atoms with van der Waals surface area (Å²) in [4.78, 5) is 33.8. The molecule has 178 valence electrons. The molecule has 0 bridgehead atoms. The number of piperidine rings is 1. The van der Waals surface area contributed by atoms with Crippen molar-refractivity contribution in [1.82, 2.24) is 14.3 Å². The Hall–Kier alpha value is -3.26. The third-order valence-corrected chi connectivity index (χ3v) is 6.76. The zero-order chi connectivity index (χ0) is 23.8. The van der Waals surface area contributed by atoms with Crippen LogP contribution in [-0.4, -0.2) is 52.4 Å². The summed E-state index contributed by atoms with van der Waals surface area (Å²) in [5.74, 6) is 0.526. The number of hydrogen-bond donors (Lipinski definition) is 0.